The molecule has 1 heterocycles. The van der Waals surface area contributed by atoms with Crippen LogP contribution in [0.25, 0.3) is 11.4 Å². The summed E-state index contributed by atoms with van der Waals surface area (Å²) in [4.78, 5) is 16.7. The van der Waals surface area contributed by atoms with E-state index in [1.807, 2.05) is 6.92 Å². The Hall–Kier alpha value is -1.59. The molecule has 0 radical (unpaired) electrons. The lowest BCUT2D eigenvalue weighted by Gasteiger charge is -2.05. The predicted molar refractivity (Wildman–Crippen MR) is 91.4 cm³/mol. The molecule has 0 aliphatic heterocycles. The highest BCUT2D eigenvalue weighted by Crippen LogP contribution is 2.28. The standard InChI is InChI=1S/C16H19Cl2N3O2/c1-3-5-6-7-14(22)21-15(19-16(20-21)23-4-2)11-8-9-12(17)13(18)10-11/h8-10H,3-7H2,1-2H3. The van der Waals surface area contributed by atoms with Gasteiger partial charge in [-0.25, -0.2) is 0 Å². The molecule has 0 unspecified atom stereocenters. The first-order valence-electron chi connectivity index (χ1n) is 7.65. The minimum Gasteiger partial charge on any atom is -0.463 e. The summed E-state index contributed by atoms with van der Waals surface area (Å²) in [6.45, 7) is 4.35. The molecule has 0 aliphatic rings. The van der Waals surface area contributed by atoms with Gasteiger partial charge in [0.05, 0.1) is 16.7 Å². The number of unbranched alkanes of at least 4 members (excludes halogenated alkanes) is 2. The molecule has 0 atom stereocenters. The highest BCUT2D eigenvalue weighted by molar-refractivity contribution is 6.42. The Labute approximate surface area is 145 Å². The molecule has 7 heteroatoms. The van der Waals surface area contributed by atoms with Gasteiger partial charge in [0, 0.05) is 12.0 Å². The zero-order chi connectivity index (χ0) is 16.8. The smallest absolute Gasteiger partial charge is 0.336 e. The van der Waals surface area contributed by atoms with Crippen LogP contribution in [0.5, 0.6) is 6.01 Å². The molecule has 0 spiro atoms. The number of carbonyl (C=O) groups excluding carboxylic acids is 1. The molecule has 0 amide bonds. The first-order chi connectivity index (χ1) is 11.1. The topological polar surface area (TPSA) is 57.0 Å². The second kappa shape index (κ2) is 8.31. The number of ether oxygens (including phenoxy) is 1. The van der Waals surface area contributed by atoms with Gasteiger partial charge >= 0.3 is 6.01 Å². The van der Waals surface area contributed by atoms with Crippen molar-refractivity contribution in [1.82, 2.24) is 14.8 Å². The largest absolute Gasteiger partial charge is 0.463 e. The van der Waals surface area contributed by atoms with Crippen LogP contribution in [0.2, 0.25) is 10.0 Å². The molecule has 124 valence electrons. The molecule has 23 heavy (non-hydrogen) atoms. The van der Waals surface area contributed by atoms with E-state index in [1.54, 1.807) is 18.2 Å². The maximum absolute atomic E-state index is 12.4. The molecular weight excluding hydrogens is 337 g/mol. The fourth-order valence-corrected chi connectivity index (χ4v) is 2.41. The van der Waals surface area contributed by atoms with Crippen LogP contribution in [0.15, 0.2) is 18.2 Å². The Morgan fingerprint density at radius 1 is 1.22 bits per heavy atom. The summed E-state index contributed by atoms with van der Waals surface area (Å²) in [7, 11) is 0. The second-order valence-corrected chi connectivity index (χ2v) is 5.86. The third kappa shape index (κ3) is 4.45. The van der Waals surface area contributed by atoms with Crippen molar-refractivity contribution in [2.75, 3.05) is 6.61 Å². The van der Waals surface area contributed by atoms with Crippen molar-refractivity contribution in [1.29, 1.82) is 0 Å². The predicted octanol–water partition coefficient (Wildman–Crippen LogP) is 4.87. The summed E-state index contributed by atoms with van der Waals surface area (Å²) < 4.78 is 6.62. The molecule has 0 bridgehead atoms. The number of hydrogen-bond acceptors (Lipinski definition) is 4. The molecule has 0 fully saturated rings. The Morgan fingerprint density at radius 3 is 2.65 bits per heavy atom. The zero-order valence-electron chi connectivity index (χ0n) is 13.2. The van der Waals surface area contributed by atoms with Gasteiger partial charge in [-0.15, -0.1) is 5.10 Å². The van der Waals surface area contributed by atoms with Gasteiger partial charge in [-0.1, -0.05) is 43.0 Å². The van der Waals surface area contributed by atoms with Gasteiger partial charge in [0.15, 0.2) is 5.82 Å². The van der Waals surface area contributed by atoms with E-state index in [4.69, 9.17) is 27.9 Å². The van der Waals surface area contributed by atoms with Crippen LogP contribution in [0.1, 0.15) is 44.3 Å². The first kappa shape index (κ1) is 17.8. The first-order valence-corrected chi connectivity index (χ1v) is 8.40. The summed E-state index contributed by atoms with van der Waals surface area (Å²) in [5, 5.41) is 5.01. The minimum atomic E-state index is -0.113. The number of aromatic nitrogens is 3. The number of hydrogen-bond donors (Lipinski definition) is 0. The SMILES string of the molecule is CCCCCC(=O)n1nc(OCC)nc1-c1ccc(Cl)c(Cl)c1. The molecule has 1 aromatic heterocycles. The fraction of sp³-hybridized carbons (Fsp3) is 0.438. The van der Waals surface area contributed by atoms with Crippen LogP contribution in [0.3, 0.4) is 0 Å². The third-order valence-electron chi connectivity index (χ3n) is 3.27. The highest BCUT2D eigenvalue weighted by Gasteiger charge is 2.18. The van der Waals surface area contributed by atoms with Gasteiger partial charge in [-0.05, 0) is 31.5 Å². The zero-order valence-corrected chi connectivity index (χ0v) is 14.7. The number of benzene rings is 1. The highest BCUT2D eigenvalue weighted by atomic mass is 35.5. The summed E-state index contributed by atoms with van der Waals surface area (Å²) in [5.41, 5.74) is 0.668. The Kier molecular flexibility index (Phi) is 6.42. The number of halogens is 2. The molecule has 0 saturated heterocycles. The van der Waals surface area contributed by atoms with Gasteiger partial charge in [0.1, 0.15) is 0 Å². The van der Waals surface area contributed by atoms with Gasteiger partial charge in [0.2, 0.25) is 5.91 Å². The Morgan fingerprint density at radius 2 is 2.00 bits per heavy atom. The molecular formula is C16H19Cl2N3O2. The van der Waals surface area contributed by atoms with Crippen molar-refractivity contribution < 1.29 is 9.53 Å². The minimum absolute atomic E-state index is 0.113. The summed E-state index contributed by atoms with van der Waals surface area (Å²) in [5.74, 6) is 0.298. The monoisotopic (exact) mass is 355 g/mol. The van der Waals surface area contributed by atoms with E-state index in [0.29, 0.717) is 34.5 Å². The van der Waals surface area contributed by atoms with Crippen LogP contribution >= 0.6 is 23.2 Å². The number of rotatable bonds is 7. The molecule has 2 rings (SSSR count). The van der Waals surface area contributed by atoms with Gasteiger partial charge < -0.3 is 4.74 Å². The maximum atomic E-state index is 12.4. The van der Waals surface area contributed by atoms with Gasteiger partial charge in [0.25, 0.3) is 0 Å². The summed E-state index contributed by atoms with van der Waals surface area (Å²) in [6, 6.07) is 5.26. The quantitative estimate of drug-likeness (QED) is 0.664. The molecule has 0 saturated carbocycles. The van der Waals surface area contributed by atoms with Crippen molar-refractivity contribution in [2.24, 2.45) is 0 Å². The van der Waals surface area contributed by atoms with Crippen molar-refractivity contribution in [3.63, 3.8) is 0 Å². The van der Waals surface area contributed by atoms with Crippen LogP contribution in [0, 0.1) is 0 Å². The van der Waals surface area contributed by atoms with E-state index >= 15 is 0 Å². The van der Waals surface area contributed by atoms with E-state index in [0.717, 1.165) is 19.3 Å². The van der Waals surface area contributed by atoms with Crippen molar-refractivity contribution >= 4 is 29.1 Å². The van der Waals surface area contributed by atoms with Crippen LogP contribution in [-0.2, 0) is 0 Å². The third-order valence-corrected chi connectivity index (χ3v) is 4.01. The lowest BCUT2D eigenvalue weighted by Crippen LogP contribution is -2.14. The molecule has 2 aromatic rings. The van der Waals surface area contributed by atoms with Crippen molar-refractivity contribution in [3.05, 3.63) is 28.2 Å². The second-order valence-electron chi connectivity index (χ2n) is 5.04. The van der Waals surface area contributed by atoms with Gasteiger partial charge in [-0.3, -0.25) is 4.79 Å². The van der Waals surface area contributed by atoms with Crippen LogP contribution < -0.4 is 4.74 Å². The van der Waals surface area contributed by atoms with E-state index in [1.165, 1.54) is 4.68 Å². The number of nitrogens with zero attached hydrogens (tertiary/aromatic N) is 3. The maximum Gasteiger partial charge on any atom is 0.336 e. The van der Waals surface area contributed by atoms with Crippen LogP contribution in [0.4, 0.5) is 0 Å². The average Bonchev–Trinajstić information content (AvgIpc) is 2.94. The van der Waals surface area contributed by atoms with Crippen molar-refractivity contribution in [2.45, 2.75) is 39.5 Å². The van der Waals surface area contributed by atoms with Crippen LogP contribution in [-0.4, -0.2) is 27.3 Å². The molecule has 5 nitrogen and oxygen atoms in total. The summed E-state index contributed by atoms with van der Waals surface area (Å²) in [6.07, 6.45) is 3.28. The Balaban J connectivity index is 2.36. The van der Waals surface area contributed by atoms with E-state index in [2.05, 4.69) is 17.0 Å². The molecule has 1 aromatic carbocycles. The normalized spacial score (nSPS) is 10.8. The lowest BCUT2D eigenvalue weighted by molar-refractivity contribution is 0.0883. The molecule has 0 N–H and O–H groups in total. The number of carbonyl (C=O) groups is 1. The van der Waals surface area contributed by atoms with E-state index in [-0.39, 0.29) is 11.9 Å². The average molecular weight is 356 g/mol. The Bertz CT molecular complexity index is 686. The van der Waals surface area contributed by atoms with Crippen molar-refractivity contribution in [3.8, 4) is 17.4 Å². The fourth-order valence-electron chi connectivity index (χ4n) is 2.11. The molecule has 0 aliphatic carbocycles. The van der Waals surface area contributed by atoms with Gasteiger partial charge in [-0.2, -0.15) is 9.67 Å². The van der Waals surface area contributed by atoms with E-state index in [9.17, 15) is 4.79 Å². The summed E-state index contributed by atoms with van der Waals surface area (Å²) >= 11 is 12.0. The lowest BCUT2D eigenvalue weighted by atomic mass is 10.2. The van der Waals surface area contributed by atoms with E-state index < -0.39 is 0 Å².